The summed E-state index contributed by atoms with van der Waals surface area (Å²) in [6, 6.07) is 6.65. The van der Waals surface area contributed by atoms with Crippen LogP contribution in [0.5, 0.6) is 0 Å². The van der Waals surface area contributed by atoms with Crippen molar-refractivity contribution in [2.75, 3.05) is 0 Å². The van der Waals surface area contributed by atoms with Crippen molar-refractivity contribution in [2.45, 2.75) is 38.2 Å². The van der Waals surface area contributed by atoms with Crippen LogP contribution >= 0.6 is 0 Å². The first-order valence-corrected chi connectivity index (χ1v) is 6.08. The molecular weight excluding hydrogens is 218 g/mol. The fraction of sp³-hybridized carbons (Fsp3) is 0.538. The second-order valence-electron chi connectivity index (χ2n) is 4.74. The molecule has 1 aliphatic carbocycles. The lowest BCUT2D eigenvalue weighted by molar-refractivity contribution is -0.384. The summed E-state index contributed by atoms with van der Waals surface area (Å²) < 4.78 is 0. The Morgan fingerprint density at radius 3 is 2.47 bits per heavy atom. The van der Waals surface area contributed by atoms with Crippen molar-refractivity contribution >= 4 is 5.69 Å². The van der Waals surface area contributed by atoms with Crippen LogP contribution in [0.2, 0.25) is 0 Å². The minimum atomic E-state index is -0.390. The van der Waals surface area contributed by atoms with E-state index in [2.05, 4.69) is 0 Å². The molecule has 2 atom stereocenters. The molecule has 1 aromatic rings. The molecule has 1 aliphatic rings. The molecule has 0 saturated heterocycles. The van der Waals surface area contributed by atoms with Gasteiger partial charge in [-0.25, -0.2) is 0 Å². The topological polar surface area (TPSA) is 63.4 Å². The summed E-state index contributed by atoms with van der Waals surface area (Å²) in [6.45, 7) is 0. The van der Waals surface area contributed by atoms with Gasteiger partial charge in [0.15, 0.2) is 0 Å². The highest BCUT2D eigenvalue weighted by molar-refractivity contribution is 5.33. The number of aliphatic hydroxyl groups is 1. The number of non-ortho nitro benzene ring substituents is 1. The van der Waals surface area contributed by atoms with Gasteiger partial charge in [0.1, 0.15) is 0 Å². The number of benzene rings is 1. The molecule has 1 fully saturated rings. The van der Waals surface area contributed by atoms with Gasteiger partial charge < -0.3 is 5.11 Å². The highest BCUT2D eigenvalue weighted by Gasteiger charge is 2.23. The largest absolute Gasteiger partial charge is 0.393 e. The molecule has 1 unspecified atom stereocenters. The third kappa shape index (κ3) is 3.03. The predicted molar refractivity (Wildman–Crippen MR) is 64.8 cm³/mol. The second kappa shape index (κ2) is 5.27. The fourth-order valence-corrected chi connectivity index (χ4v) is 2.48. The minimum Gasteiger partial charge on any atom is -0.393 e. The van der Waals surface area contributed by atoms with E-state index >= 15 is 0 Å². The molecule has 17 heavy (non-hydrogen) atoms. The van der Waals surface area contributed by atoms with Gasteiger partial charge in [0.25, 0.3) is 5.69 Å². The Morgan fingerprint density at radius 1 is 1.24 bits per heavy atom. The molecule has 0 amide bonds. The van der Waals surface area contributed by atoms with Gasteiger partial charge in [-0.3, -0.25) is 10.1 Å². The Labute approximate surface area is 100 Å². The van der Waals surface area contributed by atoms with Crippen LogP contribution in [0.3, 0.4) is 0 Å². The third-order valence-electron chi connectivity index (χ3n) is 3.51. The Kier molecular flexibility index (Phi) is 3.74. The molecule has 0 heterocycles. The zero-order valence-corrected chi connectivity index (χ0v) is 9.71. The van der Waals surface area contributed by atoms with Gasteiger partial charge in [-0.05, 0) is 30.7 Å². The molecular formula is C13H17NO3. The number of hydrogen-bond acceptors (Lipinski definition) is 3. The number of aliphatic hydroxyl groups excluding tert-OH is 1. The van der Waals surface area contributed by atoms with Crippen LogP contribution in [-0.2, 0) is 6.42 Å². The number of hydrogen-bond donors (Lipinski definition) is 1. The summed E-state index contributed by atoms with van der Waals surface area (Å²) in [5, 5.41) is 20.4. The van der Waals surface area contributed by atoms with Gasteiger partial charge in [0.05, 0.1) is 11.0 Å². The highest BCUT2D eigenvalue weighted by atomic mass is 16.6. The maximum atomic E-state index is 10.5. The Balaban J connectivity index is 2.00. The predicted octanol–water partition coefficient (Wildman–Crippen LogP) is 2.69. The lowest BCUT2D eigenvalue weighted by Gasteiger charge is -2.27. The van der Waals surface area contributed by atoms with E-state index in [4.69, 9.17) is 0 Å². The number of nitro groups is 1. The van der Waals surface area contributed by atoms with Gasteiger partial charge >= 0.3 is 0 Å². The molecule has 0 aliphatic heterocycles. The first kappa shape index (κ1) is 12.0. The van der Waals surface area contributed by atoms with Crippen molar-refractivity contribution < 1.29 is 10.0 Å². The molecule has 4 nitrogen and oxygen atoms in total. The van der Waals surface area contributed by atoms with E-state index < -0.39 is 0 Å². The van der Waals surface area contributed by atoms with E-state index in [9.17, 15) is 15.2 Å². The summed E-state index contributed by atoms with van der Waals surface area (Å²) in [5.74, 6) is 0.310. The molecule has 2 rings (SSSR count). The average molecular weight is 235 g/mol. The van der Waals surface area contributed by atoms with Crippen LogP contribution in [0.1, 0.15) is 31.2 Å². The lowest BCUT2D eigenvalue weighted by Crippen LogP contribution is -2.26. The first-order valence-electron chi connectivity index (χ1n) is 6.08. The van der Waals surface area contributed by atoms with Crippen molar-refractivity contribution in [3.05, 3.63) is 39.9 Å². The van der Waals surface area contributed by atoms with Crippen LogP contribution in [0.25, 0.3) is 0 Å². The van der Waals surface area contributed by atoms with Crippen molar-refractivity contribution in [1.82, 2.24) is 0 Å². The van der Waals surface area contributed by atoms with E-state index in [0.717, 1.165) is 31.2 Å². The van der Waals surface area contributed by atoms with Gasteiger partial charge in [-0.2, -0.15) is 0 Å². The van der Waals surface area contributed by atoms with E-state index in [0.29, 0.717) is 5.92 Å². The van der Waals surface area contributed by atoms with Crippen molar-refractivity contribution in [1.29, 1.82) is 0 Å². The van der Waals surface area contributed by atoms with Gasteiger partial charge in [-0.15, -0.1) is 0 Å². The highest BCUT2D eigenvalue weighted by Crippen LogP contribution is 2.27. The number of nitrogens with zero attached hydrogens (tertiary/aromatic N) is 1. The van der Waals surface area contributed by atoms with Crippen molar-refractivity contribution in [3.63, 3.8) is 0 Å². The Bertz CT molecular complexity index is 388. The smallest absolute Gasteiger partial charge is 0.269 e. The standard InChI is InChI=1S/C13H17NO3/c15-13-4-2-1-3-11(13)9-10-5-7-12(8-6-10)14(16)17/h5-8,11,13,15H,1-4,9H2/t11-,13?/m1/s1. The van der Waals surface area contributed by atoms with E-state index in [1.165, 1.54) is 18.6 Å². The molecule has 1 saturated carbocycles. The molecule has 4 heteroatoms. The molecule has 1 N–H and O–H groups in total. The third-order valence-corrected chi connectivity index (χ3v) is 3.51. The monoisotopic (exact) mass is 235 g/mol. The quantitative estimate of drug-likeness (QED) is 0.647. The normalized spacial score (nSPS) is 24.5. The van der Waals surface area contributed by atoms with Crippen LogP contribution in [0, 0.1) is 16.0 Å². The van der Waals surface area contributed by atoms with E-state index in [1.807, 2.05) is 0 Å². The molecule has 0 bridgehead atoms. The van der Waals surface area contributed by atoms with Gasteiger partial charge in [0.2, 0.25) is 0 Å². The Morgan fingerprint density at radius 2 is 1.88 bits per heavy atom. The molecule has 0 radical (unpaired) electrons. The van der Waals surface area contributed by atoms with Crippen LogP contribution in [0.15, 0.2) is 24.3 Å². The summed E-state index contributed by atoms with van der Waals surface area (Å²) >= 11 is 0. The van der Waals surface area contributed by atoms with E-state index in [-0.39, 0.29) is 16.7 Å². The molecule has 0 spiro atoms. The zero-order chi connectivity index (χ0) is 12.3. The summed E-state index contributed by atoms with van der Waals surface area (Å²) in [6.07, 6.45) is 4.83. The average Bonchev–Trinajstić information content (AvgIpc) is 2.33. The lowest BCUT2D eigenvalue weighted by atomic mass is 9.82. The minimum absolute atomic E-state index is 0.123. The summed E-state index contributed by atoms with van der Waals surface area (Å²) in [5.41, 5.74) is 1.19. The van der Waals surface area contributed by atoms with Gasteiger partial charge in [0, 0.05) is 12.1 Å². The first-order chi connectivity index (χ1) is 8.16. The summed E-state index contributed by atoms with van der Waals surface area (Å²) in [7, 11) is 0. The van der Waals surface area contributed by atoms with Crippen molar-refractivity contribution in [2.24, 2.45) is 5.92 Å². The fourth-order valence-electron chi connectivity index (χ4n) is 2.48. The SMILES string of the molecule is O=[N+]([O-])c1ccc(C[C@H]2CCCCC2O)cc1. The summed E-state index contributed by atoms with van der Waals surface area (Å²) in [4.78, 5) is 10.1. The van der Waals surface area contributed by atoms with Crippen molar-refractivity contribution in [3.8, 4) is 0 Å². The maximum absolute atomic E-state index is 10.5. The van der Waals surface area contributed by atoms with Crippen LogP contribution in [-0.4, -0.2) is 16.1 Å². The molecule has 0 aromatic heterocycles. The second-order valence-corrected chi connectivity index (χ2v) is 4.74. The van der Waals surface area contributed by atoms with Crippen LogP contribution < -0.4 is 0 Å². The Hall–Kier alpha value is -1.42. The maximum Gasteiger partial charge on any atom is 0.269 e. The number of nitro benzene ring substituents is 1. The van der Waals surface area contributed by atoms with E-state index in [1.54, 1.807) is 12.1 Å². The zero-order valence-electron chi connectivity index (χ0n) is 9.71. The van der Waals surface area contributed by atoms with Crippen LogP contribution in [0.4, 0.5) is 5.69 Å². The molecule has 92 valence electrons. The number of rotatable bonds is 3. The van der Waals surface area contributed by atoms with Gasteiger partial charge in [-0.1, -0.05) is 25.0 Å². The molecule has 1 aromatic carbocycles.